The lowest BCUT2D eigenvalue weighted by Crippen LogP contribution is -2.75. The number of hydrogen-bond donors (Lipinski definition) is 0. The molecule has 0 amide bonds. The minimum absolute atomic E-state index is 0.691. The molecule has 456 valence electrons. The molecule has 26 heteroatoms. The molecule has 1 aliphatic rings. The lowest BCUT2D eigenvalue weighted by Gasteiger charge is -2.46. The van der Waals surface area contributed by atoms with E-state index in [1.807, 2.05) is 0 Å². The molecular weight excluding hydrogens is 1200 g/mol. The second kappa shape index (κ2) is 23.2. The Labute approximate surface area is 472 Å². The van der Waals surface area contributed by atoms with Gasteiger partial charge in [-0.05, 0) is 72.2 Å². The van der Waals surface area contributed by atoms with Crippen molar-refractivity contribution < 1.29 is 110 Å². The highest BCUT2D eigenvalue weighted by atomic mass is 19.4. The first-order chi connectivity index (χ1) is 39.6. The van der Waals surface area contributed by atoms with E-state index in [-0.39, 0.29) is 0 Å². The lowest BCUT2D eigenvalue weighted by atomic mass is 9.12. The van der Waals surface area contributed by atoms with Crippen molar-refractivity contribution in [3.05, 3.63) is 220 Å². The van der Waals surface area contributed by atoms with Gasteiger partial charge in [-0.1, -0.05) is 128 Å². The van der Waals surface area contributed by atoms with Crippen LogP contribution in [0.1, 0.15) is 93.7 Å². The van der Waals surface area contributed by atoms with E-state index in [9.17, 15) is 105 Å². The van der Waals surface area contributed by atoms with Crippen LogP contribution in [0.2, 0.25) is 0 Å². The van der Waals surface area contributed by atoms with E-state index in [0.717, 1.165) is 12.5 Å². The van der Waals surface area contributed by atoms with Crippen molar-refractivity contribution in [1.82, 2.24) is 0 Å². The van der Waals surface area contributed by atoms with Crippen LogP contribution in [0, 0.1) is 0 Å². The summed E-state index contributed by atoms with van der Waals surface area (Å²) in [6.45, 7) is 0.880. The van der Waals surface area contributed by atoms with Crippen molar-refractivity contribution in [3.63, 3.8) is 0 Å². The van der Waals surface area contributed by atoms with E-state index in [2.05, 4.69) is 95.7 Å². The van der Waals surface area contributed by atoms with Gasteiger partial charge in [0.15, 0.2) is 12.7 Å². The molecule has 0 radical (unpaired) electrons. The highest BCUT2D eigenvalue weighted by Crippen LogP contribution is 2.42. The predicted molar refractivity (Wildman–Crippen MR) is 271 cm³/mol. The number of rotatable bonds is 8. The molecule has 1 fully saturated rings. The topological polar surface area (TPSA) is 3.88 Å². The molecule has 7 aromatic carbocycles. The monoisotopic (exact) mass is 1240 g/mol. The molecule has 1 aromatic heterocycles. The zero-order chi connectivity index (χ0) is 63.4. The van der Waals surface area contributed by atoms with E-state index < -0.39 is 195 Å². The number of alkyl halides is 24. The van der Waals surface area contributed by atoms with Crippen LogP contribution in [-0.2, 0) is 56.0 Å². The molecule has 0 saturated heterocycles. The Morgan fingerprint density at radius 3 is 0.977 bits per heavy atom. The normalized spacial score (nSPS) is 14.5. The summed E-state index contributed by atoms with van der Waals surface area (Å²) in [6, 6.07) is 22.3. The Balaban J connectivity index is 0.000000274. The van der Waals surface area contributed by atoms with E-state index in [4.69, 9.17) is 0 Å². The summed E-state index contributed by atoms with van der Waals surface area (Å²) in [5.41, 5.74) is -24.8. The van der Waals surface area contributed by atoms with Crippen molar-refractivity contribution in [2.24, 2.45) is 0 Å². The standard InChI is InChI=1S/C32H12BF24.C28H28N/c34-25(35,36)13-1-14(26(37,38)39)6-21(5-13)33(22-7-15(27(40,41)42)2-16(8-22)28(43,44)45,23-9-17(29(46,47)48)3-18(10-23)30(49,50)51)24-11-19(31(52,53)54)4-20(12-24)32(55,56)57;1-3-9-22(10-4-1)21-29-20-19-25-13-7-8-14-27(25)28(29)26-17-15-24(16-18-26)23-11-5-2-6-12-23/h1-12H;1,3-4,7-10,13-20,23H,2,5-6,11-12,21H2/q-1;+1. The number of nitrogens with zero attached hydrogens (tertiary/aromatic N) is 1. The Bertz CT molecular complexity index is 3270. The van der Waals surface area contributed by atoms with Gasteiger partial charge in [-0.3, -0.25) is 0 Å². The molecule has 9 rings (SSSR count). The molecule has 0 spiro atoms. The molecule has 1 nitrogen and oxygen atoms in total. The van der Waals surface area contributed by atoms with Crippen LogP contribution in [-0.4, -0.2) is 6.15 Å². The van der Waals surface area contributed by atoms with Gasteiger partial charge >= 0.3 is 49.4 Å². The fraction of sp³-hybridized carbons (Fsp3) is 0.250. The summed E-state index contributed by atoms with van der Waals surface area (Å²) in [5.74, 6) is 0.752. The van der Waals surface area contributed by atoms with Crippen LogP contribution in [0.15, 0.2) is 164 Å². The maximum Gasteiger partial charge on any atom is 0.416 e. The van der Waals surface area contributed by atoms with Crippen LogP contribution in [0.5, 0.6) is 0 Å². The van der Waals surface area contributed by atoms with Crippen LogP contribution < -0.4 is 26.4 Å². The lowest BCUT2D eigenvalue weighted by molar-refractivity contribution is -0.676. The van der Waals surface area contributed by atoms with Gasteiger partial charge in [-0.2, -0.15) is 132 Å². The number of benzene rings is 7. The number of halogens is 24. The molecule has 0 unspecified atom stereocenters. The van der Waals surface area contributed by atoms with Gasteiger partial charge in [0.25, 0.3) is 0 Å². The first-order valence-electron chi connectivity index (χ1n) is 25.6. The van der Waals surface area contributed by atoms with Crippen LogP contribution in [0.25, 0.3) is 22.0 Å². The zero-order valence-electron chi connectivity index (χ0n) is 43.5. The van der Waals surface area contributed by atoms with Crippen LogP contribution in [0.4, 0.5) is 105 Å². The molecule has 8 aromatic rings. The summed E-state index contributed by atoms with van der Waals surface area (Å²) in [7, 11) is 0. The van der Waals surface area contributed by atoms with E-state index >= 15 is 0 Å². The Morgan fingerprint density at radius 1 is 0.337 bits per heavy atom. The minimum Gasteiger partial charge on any atom is -0.194 e. The molecule has 0 bridgehead atoms. The zero-order valence-corrected chi connectivity index (χ0v) is 43.5. The third kappa shape index (κ3) is 14.3. The summed E-state index contributed by atoms with van der Waals surface area (Å²) in [6.07, 6.45) is -45.7. The van der Waals surface area contributed by atoms with Crippen molar-refractivity contribution >= 4 is 38.8 Å². The van der Waals surface area contributed by atoms with Gasteiger partial charge in [0.1, 0.15) is 6.15 Å². The average Bonchev–Trinajstić information content (AvgIpc) is 0.733. The first-order valence-corrected chi connectivity index (χ1v) is 25.6. The smallest absolute Gasteiger partial charge is 0.194 e. The highest BCUT2D eigenvalue weighted by molar-refractivity contribution is 7.20. The average molecular weight is 1240 g/mol. The minimum atomic E-state index is -6.13. The maximum atomic E-state index is 14.2. The van der Waals surface area contributed by atoms with Gasteiger partial charge in [-0.15, -0.1) is 0 Å². The summed E-state index contributed by atoms with van der Waals surface area (Å²) in [4.78, 5) is 0. The predicted octanol–water partition coefficient (Wildman–Crippen LogP) is 18.1. The Kier molecular flexibility index (Phi) is 17.4. The highest BCUT2D eigenvalue weighted by Gasteiger charge is 2.47. The van der Waals surface area contributed by atoms with E-state index in [1.54, 1.807) is 0 Å². The fourth-order valence-corrected chi connectivity index (χ4v) is 10.9. The van der Waals surface area contributed by atoms with E-state index in [0.29, 0.717) is 0 Å². The Morgan fingerprint density at radius 2 is 0.651 bits per heavy atom. The van der Waals surface area contributed by atoms with Crippen molar-refractivity contribution in [2.45, 2.75) is 94.0 Å². The van der Waals surface area contributed by atoms with Crippen LogP contribution >= 0.6 is 0 Å². The van der Waals surface area contributed by atoms with Gasteiger partial charge < -0.3 is 0 Å². The van der Waals surface area contributed by atoms with E-state index in [1.165, 1.54) is 65.3 Å². The SMILES string of the molecule is FC(F)(F)c1cc([B-](c2cc(C(F)(F)F)cc(C(F)(F)F)c2)(c2cc(C(F)(F)F)cc(C(F)(F)F)c2)c2cc(C(F)(F)F)cc(C(F)(F)F)c2)cc(C(F)(F)F)c1.c1ccc(C[n+]2ccc3ccccc3c2-c2ccc(C3CCCCC3)cc2)cc1. The number of pyridine rings is 1. The van der Waals surface area contributed by atoms with Gasteiger partial charge in [0.2, 0.25) is 5.69 Å². The third-order valence-electron chi connectivity index (χ3n) is 14.8. The van der Waals surface area contributed by atoms with Crippen molar-refractivity contribution in [3.8, 4) is 11.3 Å². The summed E-state index contributed by atoms with van der Waals surface area (Å²) in [5, 5.41) is 2.61. The summed E-state index contributed by atoms with van der Waals surface area (Å²) >= 11 is 0. The second-order valence-electron chi connectivity index (χ2n) is 20.5. The molecule has 0 aliphatic heterocycles. The number of fused-ring (bicyclic) bond motifs is 1. The first kappa shape index (κ1) is 64.3. The Hall–Kier alpha value is -7.67. The van der Waals surface area contributed by atoms with Crippen LogP contribution in [0.3, 0.4) is 0 Å². The number of aromatic nitrogens is 1. The van der Waals surface area contributed by atoms with Gasteiger partial charge in [-0.25, -0.2) is 0 Å². The third-order valence-corrected chi connectivity index (χ3v) is 14.8. The van der Waals surface area contributed by atoms with Crippen molar-refractivity contribution in [1.29, 1.82) is 0 Å². The number of hydrogen-bond acceptors (Lipinski definition) is 0. The molecule has 0 atom stereocenters. The molecule has 1 saturated carbocycles. The fourth-order valence-electron chi connectivity index (χ4n) is 10.9. The van der Waals surface area contributed by atoms with Gasteiger partial charge in [0.05, 0.1) is 49.9 Å². The molecule has 1 heterocycles. The maximum absolute atomic E-state index is 14.2. The molecule has 1 aliphatic carbocycles. The molecular formula is C60H40BF24N. The largest absolute Gasteiger partial charge is 0.416 e. The molecule has 86 heavy (non-hydrogen) atoms. The van der Waals surface area contributed by atoms with Gasteiger partial charge in [0, 0.05) is 17.2 Å². The quantitative estimate of drug-likeness (QED) is 0.0811. The van der Waals surface area contributed by atoms with Crippen molar-refractivity contribution in [2.75, 3.05) is 0 Å². The second-order valence-corrected chi connectivity index (χ2v) is 20.5. The summed E-state index contributed by atoms with van der Waals surface area (Å²) < 4.78 is 343. The molecule has 0 N–H and O–H groups in total.